The van der Waals surface area contributed by atoms with Gasteiger partial charge >= 0.3 is 0 Å². The number of halogens is 1. The van der Waals surface area contributed by atoms with Crippen LogP contribution in [-0.2, 0) is 11.3 Å². The molecule has 0 unspecified atom stereocenters. The zero-order chi connectivity index (χ0) is 16.0. The molecule has 0 aliphatic rings. The molecule has 0 fully saturated rings. The number of thioether (sulfide) groups is 1. The van der Waals surface area contributed by atoms with Gasteiger partial charge in [0.15, 0.2) is 5.96 Å². The Hall–Kier alpha value is -0.740. The van der Waals surface area contributed by atoms with Gasteiger partial charge in [0.05, 0.1) is 13.2 Å². The summed E-state index contributed by atoms with van der Waals surface area (Å²) in [7, 11) is 1.65. The molecule has 0 amide bonds. The van der Waals surface area contributed by atoms with Crippen molar-refractivity contribution in [2.24, 2.45) is 4.99 Å². The van der Waals surface area contributed by atoms with E-state index in [4.69, 9.17) is 9.47 Å². The minimum atomic E-state index is 0. The fourth-order valence-electron chi connectivity index (χ4n) is 1.67. The summed E-state index contributed by atoms with van der Waals surface area (Å²) in [5.74, 6) is 2.47. The van der Waals surface area contributed by atoms with Gasteiger partial charge in [-0.15, -0.1) is 24.0 Å². The molecular weight excluding hydrogens is 427 g/mol. The number of aromatic nitrogens is 1. The number of methoxy groups -OCH3 is 1. The second-order valence-corrected chi connectivity index (χ2v) is 5.41. The smallest absolute Gasteiger partial charge is 0.218 e. The van der Waals surface area contributed by atoms with E-state index in [-0.39, 0.29) is 24.0 Å². The van der Waals surface area contributed by atoms with Crippen molar-refractivity contribution >= 4 is 41.7 Å². The minimum Gasteiger partial charge on any atom is -0.475 e. The van der Waals surface area contributed by atoms with Crippen LogP contribution in [0.1, 0.15) is 12.5 Å². The van der Waals surface area contributed by atoms with Crippen LogP contribution in [0.4, 0.5) is 0 Å². The van der Waals surface area contributed by atoms with Crippen molar-refractivity contribution in [2.45, 2.75) is 13.5 Å². The van der Waals surface area contributed by atoms with Gasteiger partial charge in [-0.05, 0) is 19.2 Å². The van der Waals surface area contributed by atoms with Crippen LogP contribution in [0.15, 0.2) is 23.3 Å². The van der Waals surface area contributed by atoms with E-state index >= 15 is 0 Å². The summed E-state index contributed by atoms with van der Waals surface area (Å²) in [4.78, 5) is 8.84. The first-order valence-electron chi connectivity index (χ1n) is 7.38. The SMILES string of the molecule is CCNC(=NCc1cccnc1OCCOC)NCCSC.I. The molecule has 23 heavy (non-hydrogen) atoms. The molecule has 0 aliphatic carbocycles. The van der Waals surface area contributed by atoms with E-state index in [9.17, 15) is 0 Å². The van der Waals surface area contributed by atoms with Crippen LogP contribution in [0.2, 0.25) is 0 Å². The van der Waals surface area contributed by atoms with Crippen molar-refractivity contribution in [3.8, 4) is 5.88 Å². The van der Waals surface area contributed by atoms with Crippen LogP contribution in [0, 0.1) is 0 Å². The van der Waals surface area contributed by atoms with E-state index in [1.807, 2.05) is 12.1 Å². The third kappa shape index (κ3) is 9.87. The molecule has 6 nitrogen and oxygen atoms in total. The second kappa shape index (κ2) is 14.8. The molecule has 1 aromatic heterocycles. The summed E-state index contributed by atoms with van der Waals surface area (Å²) in [6.45, 7) is 5.31. The third-order valence-corrected chi connectivity index (χ3v) is 3.34. The number of rotatable bonds is 10. The molecule has 1 aromatic rings. The van der Waals surface area contributed by atoms with E-state index in [0.29, 0.717) is 25.6 Å². The van der Waals surface area contributed by atoms with Gasteiger partial charge in [-0.3, -0.25) is 0 Å². The Kier molecular flexibility index (Phi) is 14.4. The number of aliphatic imine (C=N–C) groups is 1. The van der Waals surface area contributed by atoms with Crippen LogP contribution in [0.5, 0.6) is 5.88 Å². The molecule has 2 N–H and O–H groups in total. The summed E-state index contributed by atoms with van der Waals surface area (Å²) in [5.41, 5.74) is 0.959. The van der Waals surface area contributed by atoms with Crippen LogP contribution >= 0.6 is 35.7 Å². The number of hydrogen-bond donors (Lipinski definition) is 2. The maximum absolute atomic E-state index is 5.62. The lowest BCUT2D eigenvalue weighted by atomic mass is 10.3. The third-order valence-electron chi connectivity index (χ3n) is 2.73. The molecule has 0 saturated heterocycles. The average Bonchev–Trinajstić information content (AvgIpc) is 2.54. The van der Waals surface area contributed by atoms with Crippen LogP contribution in [0.3, 0.4) is 0 Å². The Labute approximate surface area is 160 Å². The lowest BCUT2D eigenvalue weighted by Crippen LogP contribution is -2.38. The zero-order valence-corrected chi connectivity index (χ0v) is 17.1. The maximum Gasteiger partial charge on any atom is 0.218 e. The van der Waals surface area contributed by atoms with Gasteiger partial charge in [-0.25, -0.2) is 9.98 Å². The Morgan fingerprint density at radius 1 is 1.35 bits per heavy atom. The predicted molar refractivity (Wildman–Crippen MR) is 108 cm³/mol. The van der Waals surface area contributed by atoms with E-state index in [2.05, 4.69) is 33.8 Å². The number of nitrogens with one attached hydrogen (secondary N) is 2. The Morgan fingerprint density at radius 3 is 2.87 bits per heavy atom. The molecule has 0 saturated carbocycles. The summed E-state index contributed by atoms with van der Waals surface area (Å²) in [5, 5.41) is 6.53. The highest BCUT2D eigenvalue weighted by Gasteiger charge is 2.05. The normalized spacial score (nSPS) is 10.8. The van der Waals surface area contributed by atoms with Gasteiger partial charge in [0.25, 0.3) is 0 Å². The lowest BCUT2D eigenvalue weighted by molar-refractivity contribution is 0.143. The Bertz CT molecular complexity index is 449. The van der Waals surface area contributed by atoms with E-state index < -0.39 is 0 Å². The standard InChI is InChI=1S/C15H26N4O2S.HI/c1-4-16-15(18-8-11-22-3)19-12-13-6-5-7-17-14(13)21-10-9-20-2;/h5-7H,4,8-12H2,1-3H3,(H2,16,18,19);1H. The molecule has 1 rings (SSSR count). The van der Waals surface area contributed by atoms with Crippen LogP contribution in [-0.4, -0.2) is 56.4 Å². The molecular formula is C15H27IN4O2S. The van der Waals surface area contributed by atoms with Gasteiger partial charge in [0.2, 0.25) is 5.88 Å². The van der Waals surface area contributed by atoms with Crippen molar-refractivity contribution in [1.82, 2.24) is 15.6 Å². The largest absolute Gasteiger partial charge is 0.475 e. The Morgan fingerprint density at radius 2 is 2.17 bits per heavy atom. The van der Waals surface area contributed by atoms with Crippen molar-refractivity contribution in [3.05, 3.63) is 23.9 Å². The zero-order valence-electron chi connectivity index (χ0n) is 14.0. The van der Waals surface area contributed by atoms with Crippen molar-refractivity contribution in [3.63, 3.8) is 0 Å². The van der Waals surface area contributed by atoms with Crippen LogP contribution < -0.4 is 15.4 Å². The quantitative estimate of drug-likeness (QED) is 0.245. The average molecular weight is 454 g/mol. The van der Waals surface area contributed by atoms with Gasteiger partial charge in [-0.2, -0.15) is 11.8 Å². The first-order chi connectivity index (χ1) is 10.8. The first-order valence-corrected chi connectivity index (χ1v) is 8.78. The highest BCUT2D eigenvalue weighted by atomic mass is 127. The number of nitrogens with zero attached hydrogens (tertiary/aromatic N) is 2. The van der Waals surface area contributed by atoms with E-state index in [1.165, 1.54) is 0 Å². The van der Waals surface area contributed by atoms with E-state index in [1.54, 1.807) is 25.1 Å². The molecule has 0 spiro atoms. The topological polar surface area (TPSA) is 67.8 Å². The molecule has 0 aliphatic heterocycles. The van der Waals surface area contributed by atoms with Crippen LogP contribution in [0.25, 0.3) is 0 Å². The summed E-state index contributed by atoms with van der Waals surface area (Å²) < 4.78 is 10.6. The van der Waals surface area contributed by atoms with Gasteiger partial charge in [0, 0.05) is 37.7 Å². The fourth-order valence-corrected chi connectivity index (χ4v) is 1.98. The predicted octanol–water partition coefficient (Wildman–Crippen LogP) is 2.14. The fraction of sp³-hybridized carbons (Fsp3) is 0.600. The maximum atomic E-state index is 5.62. The number of guanidine groups is 1. The molecule has 132 valence electrons. The highest BCUT2D eigenvalue weighted by Crippen LogP contribution is 2.15. The second-order valence-electron chi connectivity index (χ2n) is 4.42. The summed E-state index contributed by atoms with van der Waals surface area (Å²) in [6, 6.07) is 3.87. The molecule has 0 atom stereocenters. The molecule has 0 bridgehead atoms. The molecule has 0 radical (unpaired) electrons. The number of pyridine rings is 1. The van der Waals surface area contributed by atoms with Gasteiger partial charge < -0.3 is 20.1 Å². The molecule has 0 aromatic carbocycles. The highest BCUT2D eigenvalue weighted by molar-refractivity contribution is 14.0. The monoisotopic (exact) mass is 454 g/mol. The number of hydrogen-bond acceptors (Lipinski definition) is 5. The summed E-state index contributed by atoms with van der Waals surface area (Å²) in [6.07, 6.45) is 3.81. The lowest BCUT2D eigenvalue weighted by Gasteiger charge is -2.12. The summed E-state index contributed by atoms with van der Waals surface area (Å²) >= 11 is 1.80. The number of ether oxygens (including phenoxy) is 2. The van der Waals surface area contributed by atoms with Crippen molar-refractivity contribution < 1.29 is 9.47 Å². The molecule has 1 heterocycles. The first kappa shape index (κ1) is 22.3. The molecule has 8 heteroatoms. The van der Waals surface area contributed by atoms with E-state index in [0.717, 1.165) is 30.4 Å². The van der Waals surface area contributed by atoms with Crippen molar-refractivity contribution in [2.75, 3.05) is 45.4 Å². The Balaban J connectivity index is 0.00000484. The van der Waals surface area contributed by atoms with Gasteiger partial charge in [0.1, 0.15) is 6.61 Å². The van der Waals surface area contributed by atoms with Gasteiger partial charge in [-0.1, -0.05) is 6.07 Å². The minimum absolute atomic E-state index is 0. The van der Waals surface area contributed by atoms with Crippen molar-refractivity contribution in [1.29, 1.82) is 0 Å².